The van der Waals surface area contributed by atoms with Crippen LogP contribution in [-0.4, -0.2) is 40.1 Å². The second-order valence-corrected chi connectivity index (χ2v) is 6.41. The molecule has 114 valence electrons. The normalized spacial score (nSPS) is 19.2. The molecule has 2 aromatic rings. The van der Waals surface area contributed by atoms with Gasteiger partial charge in [0.1, 0.15) is 0 Å². The second kappa shape index (κ2) is 5.83. The van der Waals surface area contributed by atoms with E-state index in [2.05, 4.69) is 9.88 Å². The van der Waals surface area contributed by atoms with Gasteiger partial charge in [0.25, 0.3) is 0 Å². The highest BCUT2D eigenvalue weighted by molar-refractivity contribution is 6.31. The van der Waals surface area contributed by atoms with Crippen LogP contribution in [0.15, 0.2) is 23.0 Å². The third kappa shape index (κ3) is 3.00. The standard InChI is InChI=1S/C15H21ClN4O/c1-10(17)9-19-6-4-12(5-7-19)20-14-3-2-11(16)8-13(14)18-15(20)21/h2-3,8,10,12H,4-7,9,17H2,1H3,(H,18,21)/t10-/m0/s1. The molecule has 2 heterocycles. The largest absolute Gasteiger partial charge is 0.327 e. The third-order valence-corrected chi connectivity index (χ3v) is 4.38. The van der Waals surface area contributed by atoms with E-state index in [1.807, 2.05) is 23.6 Å². The summed E-state index contributed by atoms with van der Waals surface area (Å²) in [5.74, 6) is 0. The molecular weight excluding hydrogens is 288 g/mol. The minimum Gasteiger partial charge on any atom is -0.327 e. The van der Waals surface area contributed by atoms with Crippen molar-refractivity contribution in [3.05, 3.63) is 33.7 Å². The fourth-order valence-electron chi connectivity index (χ4n) is 3.23. The molecule has 3 N–H and O–H groups in total. The van der Waals surface area contributed by atoms with E-state index in [1.165, 1.54) is 0 Å². The van der Waals surface area contributed by atoms with Crippen molar-refractivity contribution in [1.82, 2.24) is 14.5 Å². The molecule has 0 spiro atoms. The van der Waals surface area contributed by atoms with Crippen LogP contribution in [0.5, 0.6) is 0 Å². The molecule has 1 atom stereocenters. The topological polar surface area (TPSA) is 67.0 Å². The lowest BCUT2D eigenvalue weighted by Crippen LogP contribution is -2.42. The molecule has 0 aliphatic carbocycles. The van der Waals surface area contributed by atoms with Gasteiger partial charge in [0.2, 0.25) is 0 Å². The molecule has 5 nitrogen and oxygen atoms in total. The van der Waals surface area contributed by atoms with Gasteiger partial charge in [0, 0.05) is 36.7 Å². The number of aromatic nitrogens is 2. The Kier molecular flexibility index (Phi) is 4.06. The summed E-state index contributed by atoms with van der Waals surface area (Å²) in [4.78, 5) is 17.5. The number of aromatic amines is 1. The van der Waals surface area contributed by atoms with Gasteiger partial charge in [0.15, 0.2) is 0 Å². The van der Waals surface area contributed by atoms with E-state index in [9.17, 15) is 4.79 Å². The molecule has 0 amide bonds. The lowest BCUT2D eigenvalue weighted by atomic mass is 10.0. The van der Waals surface area contributed by atoms with Gasteiger partial charge in [-0.15, -0.1) is 0 Å². The van der Waals surface area contributed by atoms with Crippen molar-refractivity contribution in [3.63, 3.8) is 0 Å². The maximum Gasteiger partial charge on any atom is 0.326 e. The molecule has 21 heavy (non-hydrogen) atoms. The van der Waals surface area contributed by atoms with Crippen molar-refractivity contribution in [2.75, 3.05) is 19.6 Å². The number of fused-ring (bicyclic) bond motifs is 1. The Labute approximate surface area is 128 Å². The summed E-state index contributed by atoms with van der Waals surface area (Å²) >= 11 is 5.98. The summed E-state index contributed by atoms with van der Waals surface area (Å²) in [6.45, 7) is 4.92. The minimum absolute atomic E-state index is 0.0436. The molecule has 1 fully saturated rings. The summed E-state index contributed by atoms with van der Waals surface area (Å²) < 4.78 is 1.88. The summed E-state index contributed by atoms with van der Waals surface area (Å²) in [6, 6.07) is 6.00. The lowest BCUT2D eigenvalue weighted by molar-refractivity contribution is 0.180. The van der Waals surface area contributed by atoms with Crippen molar-refractivity contribution < 1.29 is 0 Å². The van der Waals surface area contributed by atoms with Crippen molar-refractivity contribution in [1.29, 1.82) is 0 Å². The number of nitrogens with two attached hydrogens (primary N) is 1. The number of imidazole rings is 1. The van der Waals surface area contributed by atoms with Gasteiger partial charge in [-0.1, -0.05) is 11.6 Å². The van der Waals surface area contributed by atoms with E-state index < -0.39 is 0 Å². The van der Waals surface area contributed by atoms with Crippen LogP contribution in [0.25, 0.3) is 11.0 Å². The maximum absolute atomic E-state index is 12.2. The van der Waals surface area contributed by atoms with Gasteiger partial charge >= 0.3 is 5.69 Å². The number of hydrogen-bond acceptors (Lipinski definition) is 3. The van der Waals surface area contributed by atoms with Crippen LogP contribution in [0, 0.1) is 0 Å². The zero-order valence-electron chi connectivity index (χ0n) is 12.2. The Hall–Kier alpha value is -1.30. The van der Waals surface area contributed by atoms with Crippen molar-refractivity contribution in [2.24, 2.45) is 5.73 Å². The lowest BCUT2D eigenvalue weighted by Gasteiger charge is -2.33. The number of benzene rings is 1. The molecule has 1 aromatic heterocycles. The summed E-state index contributed by atoms with van der Waals surface area (Å²) in [6.07, 6.45) is 1.95. The number of nitrogens with zero attached hydrogens (tertiary/aromatic N) is 2. The molecule has 1 saturated heterocycles. The number of hydrogen-bond donors (Lipinski definition) is 2. The van der Waals surface area contributed by atoms with Crippen molar-refractivity contribution in [3.8, 4) is 0 Å². The fourth-order valence-corrected chi connectivity index (χ4v) is 3.41. The van der Waals surface area contributed by atoms with Crippen LogP contribution in [-0.2, 0) is 0 Å². The van der Waals surface area contributed by atoms with E-state index >= 15 is 0 Å². The molecule has 1 aliphatic rings. The predicted octanol–water partition coefficient (Wildman–Crippen LogP) is 1.97. The van der Waals surface area contributed by atoms with E-state index in [1.54, 1.807) is 6.07 Å². The maximum atomic E-state index is 12.2. The molecule has 6 heteroatoms. The number of likely N-dealkylation sites (tertiary alicyclic amines) is 1. The average Bonchev–Trinajstić information content (AvgIpc) is 2.74. The highest BCUT2D eigenvalue weighted by Gasteiger charge is 2.23. The van der Waals surface area contributed by atoms with E-state index in [0.29, 0.717) is 5.02 Å². The first-order chi connectivity index (χ1) is 10.0. The van der Waals surface area contributed by atoms with Crippen LogP contribution < -0.4 is 11.4 Å². The first-order valence-corrected chi connectivity index (χ1v) is 7.80. The SMILES string of the molecule is C[C@H](N)CN1CCC(n2c(=O)[nH]c3cc(Cl)ccc32)CC1. The van der Waals surface area contributed by atoms with E-state index in [0.717, 1.165) is 43.5 Å². The van der Waals surface area contributed by atoms with Crippen LogP contribution in [0.1, 0.15) is 25.8 Å². The predicted molar refractivity (Wildman–Crippen MR) is 85.9 cm³/mol. The zero-order chi connectivity index (χ0) is 15.0. The Morgan fingerprint density at radius 2 is 2.14 bits per heavy atom. The van der Waals surface area contributed by atoms with E-state index in [-0.39, 0.29) is 17.8 Å². The van der Waals surface area contributed by atoms with Gasteiger partial charge in [-0.25, -0.2) is 4.79 Å². The number of piperidine rings is 1. The molecule has 1 aromatic carbocycles. The monoisotopic (exact) mass is 308 g/mol. The Morgan fingerprint density at radius 3 is 2.81 bits per heavy atom. The van der Waals surface area contributed by atoms with Gasteiger partial charge in [-0.2, -0.15) is 0 Å². The van der Waals surface area contributed by atoms with Crippen molar-refractivity contribution >= 4 is 22.6 Å². The van der Waals surface area contributed by atoms with Crippen LogP contribution in [0.4, 0.5) is 0 Å². The van der Waals surface area contributed by atoms with Crippen molar-refractivity contribution in [2.45, 2.75) is 31.8 Å². The summed E-state index contributed by atoms with van der Waals surface area (Å²) in [7, 11) is 0. The van der Waals surface area contributed by atoms with Crippen LogP contribution in [0.3, 0.4) is 0 Å². The number of rotatable bonds is 3. The highest BCUT2D eigenvalue weighted by atomic mass is 35.5. The van der Waals surface area contributed by atoms with Crippen LogP contribution >= 0.6 is 11.6 Å². The summed E-state index contributed by atoms with van der Waals surface area (Å²) in [5.41, 5.74) is 7.56. The number of H-pyrrole nitrogens is 1. The first kappa shape index (κ1) is 14.6. The smallest absolute Gasteiger partial charge is 0.326 e. The van der Waals surface area contributed by atoms with Gasteiger partial charge in [-0.3, -0.25) is 4.57 Å². The minimum atomic E-state index is -0.0436. The number of halogens is 1. The molecule has 0 saturated carbocycles. The van der Waals surface area contributed by atoms with E-state index in [4.69, 9.17) is 17.3 Å². The van der Waals surface area contributed by atoms with Gasteiger partial charge in [-0.05, 0) is 38.0 Å². The molecule has 3 rings (SSSR count). The Morgan fingerprint density at radius 1 is 1.43 bits per heavy atom. The van der Waals surface area contributed by atoms with Gasteiger partial charge < -0.3 is 15.6 Å². The highest BCUT2D eigenvalue weighted by Crippen LogP contribution is 2.26. The summed E-state index contributed by atoms with van der Waals surface area (Å²) in [5, 5.41) is 0.641. The molecular formula is C15H21ClN4O. The van der Waals surface area contributed by atoms with Crippen LogP contribution in [0.2, 0.25) is 5.02 Å². The van der Waals surface area contributed by atoms with Gasteiger partial charge in [0.05, 0.1) is 11.0 Å². The number of nitrogens with one attached hydrogen (secondary N) is 1. The fraction of sp³-hybridized carbons (Fsp3) is 0.533. The Bertz CT molecular complexity index is 683. The second-order valence-electron chi connectivity index (χ2n) is 5.97. The average molecular weight is 309 g/mol. The first-order valence-electron chi connectivity index (χ1n) is 7.42. The zero-order valence-corrected chi connectivity index (χ0v) is 12.9. The third-order valence-electron chi connectivity index (χ3n) is 4.15. The Balaban J connectivity index is 1.82. The quantitative estimate of drug-likeness (QED) is 0.911. The molecule has 0 bridgehead atoms. The molecule has 0 radical (unpaired) electrons. The molecule has 0 unspecified atom stereocenters. The molecule has 1 aliphatic heterocycles.